The Bertz CT molecular complexity index is 1070. The number of pyridine rings is 1. The summed E-state index contributed by atoms with van der Waals surface area (Å²) in [5.41, 5.74) is 1.06. The van der Waals surface area contributed by atoms with E-state index in [-0.39, 0.29) is 17.8 Å². The van der Waals surface area contributed by atoms with Gasteiger partial charge in [-0.15, -0.1) is 0 Å². The van der Waals surface area contributed by atoms with Crippen LogP contribution in [0, 0.1) is 18.7 Å². The first-order valence-corrected chi connectivity index (χ1v) is 11.3. The molecule has 1 fully saturated rings. The third-order valence-corrected chi connectivity index (χ3v) is 5.48. The second-order valence-corrected chi connectivity index (χ2v) is 9.68. The Morgan fingerprint density at radius 3 is 2.41 bits per heavy atom. The number of halogens is 1. The first-order valence-electron chi connectivity index (χ1n) is 11.3. The molecule has 0 radical (unpaired) electrons. The number of nitrogens with one attached hydrogen (secondary N) is 2. The molecule has 0 saturated carbocycles. The van der Waals surface area contributed by atoms with Gasteiger partial charge in [0, 0.05) is 6.54 Å². The highest BCUT2D eigenvalue weighted by atomic mass is 19.1. The van der Waals surface area contributed by atoms with Crippen molar-refractivity contribution in [2.24, 2.45) is 5.92 Å². The first-order chi connectivity index (χ1) is 15.9. The van der Waals surface area contributed by atoms with Crippen LogP contribution in [0.25, 0.3) is 0 Å². The molecule has 9 heteroatoms. The van der Waals surface area contributed by atoms with E-state index < -0.39 is 23.5 Å². The van der Waals surface area contributed by atoms with Gasteiger partial charge in [0.1, 0.15) is 17.2 Å². The van der Waals surface area contributed by atoms with Crippen molar-refractivity contribution in [1.82, 2.24) is 9.88 Å². The van der Waals surface area contributed by atoms with Crippen molar-refractivity contribution in [1.29, 1.82) is 0 Å². The Balaban J connectivity index is 1.70. The molecule has 1 saturated heterocycles. The highest BCUT2D eigenvalue weighted by molar-refractivity contribution is 6.39. The summed E-state index contributed by atoms with van der Waals surface area (Å²) < 4.78 is 18.6. The molecule has 2 aromatic rings. The van der Waals surface area contributed by atoms with E-state index in [1.54, 1.807) is 50.8 Å². The maximum Gasteiger partial charge on any atom is 0.413 e. The van der Waals surface area contributed by atoms with Crippen LogP contribution < -0.4 is 10.6 Å². The van der Waals surface area contributed by atoms with Crippen LogP contribution in [0.4, 0.5) is 20.7 Å². The molecule has 0 bridgehead atoms. The second kappa shape index (κ2) is 10.2. The van der Waals surface area contributed by atoms with Crippen molar-refractivity contribution in [3.8, 4) is 0 Å². The lowest BCUT2D eigenvalue weighted by molar-refractivity contribution is -0.146. The van der Waals surface area contributed by atoms with E-state index in [9.17, 15) is 18.8 Å². The van der Waals surface area contributed by atoms with Gasteiger partial charge in [0.2, 0.25) is 0 Å². The Morgan fingerprint density at radius 2 is 1.79 bits per heavy atom. The minimum absolute atomic E-state index is 0.246. The molecule has 2 atom stereocenters. The van der Waals surface area contributed by atoms with E-state index >= 15 is 0 Å². The SMILES string of the molecule is Cc1cc(NC(=O)C(=O)N2C[C@@H](C)CC[C@@H]2c2ccc(F)cc2)cnc1NC(=O)OC(C)(C)C. The number of benzene rings is 1. The molecule has 1 aromatic heterocycles. The lowest BCUT2D eigenvalue weighted by atomic mass is 9.90. The number of piperidine rings is 1. The molecule has 2 heterocycles. The van der Waals surface area contributed by atoms with E-state index in [1.807, 2.05) is 6.92 Å². The number of aromatic nitrogens is 1. The number of ether oxygens (including phenoxy) is 1. The van der Waals surface area contributed by atoms with E-state index in [0.29, 0.717) is 30.0 Å². The van der Waals surface area contributed by atoms with Crippen LogP contribution in [0.1, 0.15) is 57.7 Å². The van der Waals surface area contributed by atoms with Gasteiger partial charge in [-0.2, -0.15) is 0 Å². The summed E-state index contributed by atoms with van der Waals surface area (Å²) in [6.07, 6.45) is 2.32. The van der Waals surface area contributed by atoms with Crippen molar-refractivity contribution in [3.63, 3.8) is 0 Å². The van der Waals surface area contributed by atoms with Crippen molar-refractivity contribution >= 4 is 29.4 Å². The van der Waals surface area contributed by atoms with Crippen molar-refractivity contribution in [2.45, 2.75) is 59.1 Å². The molecule has 1 aliphatic heterocycles. The minimum Gasteiger partial charge on any atom is -0.444 e. The van der Waals surface area contributed by atoms with Crippen molar-refractivity contribution < 1.29 is 23.5 Å². The number of carbonyl (C=O) groups excluding carboxylic acids is 3. The Morgan fingerprint density at radius 1 is 1.12 bits per heavy atom. The third-order valence-electron chi connectivity index (χ3n) is 5.48. The fourth-order valence-electron chi connectivity index (χ4n) is 3.90. The molecule has 182 valence electrons. The first kappa shape index (κ1) is 25.1. The lowest BCUT2D eigenvalue weighted by Gasteiger charge is -2.38. The number of amides is 3. The average Bonchev–Trinajstić information content (AvgIpc) is 2.74. The summed E-state index contributed by atoms with van der Waals surface area (Å²) in [4.78, 5) is 43.6. The van der Waals surface area contributed by atoms with E-state index in [1.165, 1.54) is 18.3 Å². The van der Waals surface area contributed by atoms with Gasteiger partial charge in [-0.05, 0) is 75.8 Å². The Kier molecular flexibility index (Phi) is 7.54. The number of likely N-dealkylation sites (tertiary alicyclic amines) is 1. The second-order valence-electron chi connectivity index (χ2n) is 9.68. The molecule has 1 aromatic carbocycles. The molecule has 34 heavy (non-hydrogen) atoms. The highest BCUT2D eigenvalue weighted by Crippen LogP contribution is 2.33. The van der Waals surface area contributed by atoms with Crippen LogP contribution in [-0.4, -0.2) is 39.9 Å². The fraction of sp³-hybridized carbons (Fsp3) is 0.440. The van der Waals surface area contributed by atoms with Gasteiger partial charge in [0.05, 0.1) is 17.9 Å². The zero-order valence-electron chi connectivity index (χ0n) is 20.1. The van der Waals surface area contributed by atoms with Gasteiger partial charge >= 0.3 is 17.9 Å². The summed E-state index contributed by atoms with van der Waals surface area (Å²) in [6.45, 7) is 9.45. The topological polar surface area (TPSA) is 101 Å². The van der Waals surface area contributed by atoms with E-state index in [0.717, 1.165) is 12.0 Å². The highest BCUT2D eigenvalue weighted by Gasteiger charge is 2.34. The molecular weight excluding hydrogens is 439 g/mol. The maximum absolute atomic E-state index is 13.4. The van der Waals surface area contributed by atoms with Crippen LogP contribution in [0.15, 0.2) is 36.5 Å². The van der Waals surface area contributed by atoms with Crippen LogP contribution >= 0.6 is 0 Å². The number of hydrogen-bond acceptors (Lipinski definition) is 5. The number of rotatable bonds is 3. The Labute approximate surface area is 198 Å². The fourth-order valence-corrected chi connectivity index (χ4v) is 3.90. The minimum atomic E-state index is -0.782. The summed E-state index contributed by atoms with van der Waals surface area (Å²) in [5, 5.41) is 5.17. The smallest absolute Gasteiger partial charge is 0.413 e. The zero-order valence-corrected chi connectivity index (χ0v) is 20.1. The summed E-state index contributed by atoms with van der Waals surface area (Å²) in [7, 11) is 0. The van der Waals surface area contributed by atoms with Gasteiger partial charge < -0.3 is 15.0 Å². The average molecular weight is 471 g/mol. The molecule has 0 aliphatic carbocycles. The predicted octanol–water partition coefficient (Wildman–Crippen LogP) is 4.81. The van der Waals surface area contributed by atoms with Crippen molar-refractivity contribution in [3.05, 3.63) is 53.5 Å². The molecule has 0 unspecified atom stereocenters. The van der Waals surface area contributed by atoms with Crippen LogP contribution in [-0.2, 0) is 14.3 Å². The van der Waals surface area contributed by atoms with Crippen LogP contribution in [0.3, 0.4) is 0 Å². The largest absolute Gasteiger partial charge is 0.444 e. The predicted molar refractivity (Wildman–Crippen MR) is 127 cm³/mol. The van der Waals surface area contributed by atoms with E-state index in [4.69, 9.17) is 4.74 Å². The molecule has 3 amide bonds. The van der Waals surface area contributed by atoms with Gasteiger partial charge in [0.25, 0.3) is 0 Å². The third kappa shape index (κ3) is 6.52. The Hall–Kier alpha value is -3.49. The summed E-state index contributed by atoms with van der Waals surface area (Å²) in [5.74, 6) is -1.25. The van der Waals surface area contributed by atoms with E-state index in [2.05, 4.69) is 15.6 Å². The molecule has 2 N–H and O–H groups in total. The molecule has 1 aliphatic rings. The zero-order chi connectivity index (χ0) is 25.0. The van der Waals surface area contributed by atoms with Crippen LogP contribution in [0.2, 0.25) is 0 Å². The molecule has 8 nitrogen and oxygen atoms in total. The summed E-state index contributed by atoms with van der Waals surface area (Å²) in [6, 6.07) is 7.33. The van der Waals surface area contributed by atoms with Gasteiger partial charge in [-0.3, -0.25) is 14.9 Å². The number of carbonyl (C=O) groups is 3. The number of hydrogen-bond donors (Lipinski definition) is 2. The molecule has 3 rings (SSSR count). The normalized spacial score (nSPS) is 18.2. The number of nitrogens with zero attached hydrogens (tertiary/aromatic N) is 2. The molecular formula is C25H31FN4O4. The number of anilines is 2. The van der Waals surface area contributed by atoms with Crippen molar-refractivity contribution in [2.75, 3.05) is 17.2 Å². The quantitative estimate of drug-likeness (QED) is 0.627. The van der Waals surface area contributed by atoms with Crippen LogP contribution in [0.5, 0.6) is 0 Å². The van der Waals surface area contributed by atoms with Gasteiger partial charge in [-0.1, -0.05) is 19.1 Å². The monoisotopic (exact) mass is 470 g/mol. The molecule has 0 spiro atoms. The summed E-state index contributed by atoms with van der Waals surface area (Å²) >= 11 is 0. The number of aryl methyl sites for hydroxylation is 1. The maximum atomic E-state index is 13.4. The lowest BCUT2D eigenvalue weighted by Crippen LogP contribution is -2.46. The van der Waals surface area contributed by atoms with Gasteiger partial charge in [-0.25, -0.2) is 14.2 Å². The standard InChI is InChI=1S/C25H31FN4O4/c1-15-6-11-20(17-7-9-18(26)10-8-17)30(14-15)23(32)22(31)28-19-12-16(2)21(27-13-19)29-24(33)34-25(3,4)5/h7-10,12-13,15,20H,6,11,14H2,1-5H3,(H,28,31)(H,27,29,33)/t15-,20+/m0/s1. The van der Waals surface area contributed by atoms with Gasteiger partial charge in [0.15, 0.2) is 0 Å².